The average Bonchev–Trinajstić information content (AvgIpc) is 2.68. The Kier molecular flexibility index (Phi) is 3.06. The monoisotopic (exact) mass is 244 g/mol. The predicted octanol–water partition coefficient (Wildman–Crippen LogP) is 2.85. The Hall–Kier alpha value is -1.02. The van der Waals surface area contributed by atoms with Crippen molar-refractivity contribution in [1.82, 2.24) is 10.2 Å². The molecule has 0 aromatic heterocycles. The van der Waals surface area contributed by atoms with Crippen molar-refractivity contribution in [2.45, 2.75) is 38.1 Å². The van der Waals surface area contributed by atoms with Crippen molar-refractivity contribution in [2.75, 3.05) is 19.6 Å². The molecule has 0 bridgehead atoms. The molecule has 1 atom stereocenters. The molecule has 18 heavy (non-hydrogen) atoms. The van der Waals surface area contributed by atoms with E-state index in [1.165, 1.54) is 43.5 Å². The van der Waals surface area contributed by atoms with Gasteiger partial charge >= 0.3 is 0 Å². The van der Waals surface area contributed by atoms with Crippen LogP contribution in [0.5, 0.6) is 0 Å². The predicted molar refractivity (Wildman–Crippen MR) is 76.3 cm³/mol. The van der Waals surface area contributed by atoms with Crippen LogP contribution in [-0.4, -0.2) is 30.1 Å². The number of allylic oxidation sites excluding steroid dienone is 4. The number of likely N-dealkylation sites (tertiary alicyclic amines) is 1. The zero-order chi connectivity index (χ0) is 12.6. The zero-order valence-corrected chi connectivity index (χ0v) is 11.4. The molecule has 0 aromatic carbocycles. The third kappa shape index (κ3) is 1.83. The molecule has 1 spiro atoms. The van der Waals surface area contributed by atoms with Gasteiger partial charge in [0.1, 0.15) is 0 Å². The molecule has 0 saturated carbocycles. The third-order valence-corrected chi connectivity index (χ3v) is 4.85. The van der Waals surface area contributed by atoms with Crippen LogP contribution >= 0.6 is 0 Å². The summed E-state index contributed by atoms with van der Waals surface area (Å²) in [7, 11) is 0. The van der Waals surface area contributed by atoms with Crippen LogP contribution in [-0.2, 0) is 0 Å². The lowest BCUT2D eigenvalue weighted by atomic mass is 9.81. The molecule has 1 N–H and O–H groups in total. The van der Waals surface area contributed by atoms with Gasteiger partial charge in [-0.25, -0.2) is 0 Å². The Morgan fingerprint density at radius 2 is 2.17 bits per heavy atom. The van der Waals surface area contributed by atoms with E-state index in [-0.39, 0.29) is 5.54 Å². The van der Waals surface area contributed by atoms with Crippen LogP contribution in [0, 0.1) is 5.92 Å². The van der Waals surface area contributed by atoms with Crippen molar-refractivity contribution in [3.05, 3.63) is 36.1 Å². The topological polar surface area (TPSA) is 15.3 Å². The summed E-state index contributed by atoms with van der Waals surface area (Å²) in [6.45, 7) is 10.1. The van der Waals surface area contributed by atoms with E-state index < -0.39 is 0 Å². The van der Waals surface area contributed by atoms with E-state index in [4.69, 9.17) is 0 Å². The van der Waals surface area contributed by atoms with E-state index in [1.807, 2.05) is 0 Å². The van der Waals surface area contributed by atoms with E-state index >= 15 is 0 Å². The molecule has 3 rings (SSSR count). The number of hydrogen-bond donors (Lipinski definition) is 1. The van der Waals surface area contributed by atoms with Gasteiger partial charge in [-0.15, -0.1) is 0 Å². The van der Waals surface area contributed by atoms with Gasteiger partial charge in [0, 0.05) is 12.2 Å². The lowest BCUT2D eigenvalue weighted by Crippen LogP contribution is -2.51. The van der Waals surface area contributed by atoms with Crippen molar-refractivity contribution in [3.8, 4) is 0 Å². The molecule has 2 nitrogen and oxygen atoms in total. The summed E-state index contributed by atoms with van der Waals surface area (Å²) in [4.78, 5) is 2.68. The van der Waals surface area contributed by atoms with E-state index in [1.54, 1.807) is 0 Å². The number of nitrogens with zero attached hydrogens (tertiary/aromatic N) is 1. The Morgan fingerprint density at radius 1 is 1.39 bits per heavy atom. The highest BCUT2D eigenvalue weighted by molar-refractivity contribution is 5.31. The fourth-order valence-electron chi connectivity index (χ4n) is 3.79. The number of piperidine rings is 1. The van der Waals surface area contributed by atoms with Gasteiger partial charge in [-0.2, -0.15) is 0 Å². The first-order valence-corrected chi connectivity index (χ1v) is 7.26. The molecule has 1 unspecified atom stereocenters. The van der Waals surface area contributed by atoms with Crippen molar-refractivity contribution >= 4 is 0 Å². The van der Waals surface area contributed by atoms with Crippen molar-refractivity contribution < 1.29 is 0 Å². The summed E-state index contributed by atoms with van der Waals surface area (Å²) in [5.74, 6) is 0.678. The highest BCUT2D eigenvalue weighted by Gasteiger charge is 2.45. The molecular weight excluding hydrogens is 220 g/mol. The first kappa shape index (κ1) is 12.0. The lowest BCUT2D eigenvalue weighted by molar-refractivity contribution is 0.157. The highest BCUT2D eigenvalue weighted by Crippen LogP contribution is 2.44. The summed E-state index contributed by atoms with van der Waals surface area (Å²) in [5, 5.41) is 3.49. The fourth-order valence-corrected chi connectivity index (χ4v) is 3.79. The normalized spacial score (nSPS) is 30.9. The second kappa shape index (κ2) is 4.58. The zero-order valence-electron chi connectivity index (χ0n) is 11.4. The molecule has 3 aliphatic rings. The highest BCUT2D eigenvalue weighted by atomic mass is 15.2. The second-order valence-corrected chi connectivity index (χ2v) is 6.01. The SMILES string of the molecule is C=C1CCN(C2=CC=CC(C)C2)C12CCNCC2. The van der Waals surface area contributed by atoms with Crippen molar-refractivity contribution in [3.63, 3.8) is 0 Å². The summed E-state index contributed by atoms with van der Waals surface area (Å²) in [5.41, 5.74) is 3.26. The van der Waals surface area contributed by atoms with Gasteiger partial charge in [0.05, 0.1) is 5.54 Å². The molecule has 2 fully saturated rings. The molecule has 0 aromatic rings. The maximum absolute atomic E-state index is 4.38. The van der Waals surface area contributed by atoms with E-state index in [2.05, 4.69) is 41.9 Å². The molecule has 2 heterocycles. The Bertz CT molecular complexity index is 399. The van der Waals surface area contributed by atoms with Gasteiger partial charge in [0.15, 0.2) is 0 Å². The smallest absolute Gasteiger partial charge is 0.0633 e. The second-order valence-electron chi connectivity index (χ2n) is 6.01. The molecule has 2 aliphatic heterocycles. The fraction of sp³-hybridized carbons (Fsp3) is 0.625. The first-order chi connectivity index (χ1) is 8.72. The quantitative estimate of drug-likeness (QED) is 0.714. The van der Waals surface area contributed by atoms with Gasteiger partial charge in [-0.05, 0) is 50.8 Å². The summed E-state index contributed by atoms with van der Waals surface area (Å²) in [6, 6.07) is 0. The molecule has 1 aliphatic carbocycles. The summed E-state index contributed by atoms with van der Waals surface area (Å²) < 4.78 is 0. The molecule has 0 amide bonds. The number of hydrogen-bond acceptors (Lipinski definition) is 2. The molecule has 98 valence electrons. The average molecular weight is 244 g/mol. The number of nitrogens with one attached hydrogen (secondary N) is 1. The summed E-state index contributed by atoms with van der Waals surface area (Å²) in [6.07, 6.45) is 11.7. The van der Waals surface area contributed by atoms with E-state index in [0.717, 1.165) is 13.1 Å². The van der Waals surface area contributed by atoms with Crippen LogP contribution in [0.4, 0.5) is 0 Å². The summed E-state index contributed by atoms with van der Waals surface area (Å²) >= 11 is 0. The van der Waals surface area contributed by atoms with E-state index in [0.29, 0.717) is 5.92 Å². The van der Waals surface area contributed by atoms with Crippen molar-refractivity contribution in [2.24, 2.45) is 5.92 Å². The van der Waals surface area contributed by atoms with Crippen LogP contribution < -0.4 is 5.32 Å². The van der Waals surface area contributed by atoms with Crippen molar-refractivity contribution in [1.29, 1.82) is 0 Å². The standard InChI is InChI=1S/C16H24N2/c1-13-4-3-5-15(12-13)18-11-6-14(2)16(18)7-9-17-10-8-16/h3-5,13,17H,2,6-12H2,1H3. The Balaban J connectivity index is 1.89. The molecule has 0 radical (unpaired) electrons. The van der Waals surface area contributed by atoms with Crippen LogP contribution in [0.25, 0.3) is 0 Å². The molecular formula is C16H24N2. The van der Waals surface area contributed by atoms with Crippen LogP contribution in [0.15, 0.2) is 36.1 Å². The maximum atomic E-state index is 4.38. The van der Waals surface area contributed by atoms with Crippen LogP contribution in [0.2, 0.25) is 0 Å². The van der Waals surface area contributed by atoms with Gasteiger partial charge in [-0.1, -0.05) is 31.2 Å². The van der Waals surface area contributed by atoms with Gasteiger partial charge < -0.3 is 10.2 Å². The molecule has 2 saturated heterocycles. The Morgan fingerprint density at radius 3 is 2.89 bits per heavy atom. The minimum atomic E-state index is 0.266. The minimum Gasteiger partial charge on any atom is -0.365 e. The maximum Gasteiger partial charge on any atom is 0.0633 e. The van der Waals surface area contributed by atoms with Gasteiger partial charge in [0.2, 0.25) is 0 Å². The largest absolute Gasteiger partial charge is 0.365 e. The van der Waals surface area contributed by atoms with E-state index in [9.17, 15) is 0 Å². The first-order valence-electron chi connectivity index (χ1n) is 7.26. The van der Waals surface area contributed by atoms with Crippen LogP contribution in [0.1, 0.15) is 32.6 Å². The minimum absolute atomic E-state index is 0.266. The lowest BCUT2D eigenvalue weighted by Gasteiger charge is -2.45. The van der Waals surface area contributed by atoms with Gasteiger partial charge in [-0.3, -0.25) is 0 Å². The number of rotatable bonds is 1. The third-order valence-electron chi connectivity index (χ3n) is 4.85. The Labute approximate surface area is 110 Å². The molecule has 2 heteroatoms. The van der Waals surface area contributed by atoms with Crippen LogP contribution in [0.3, 0.4) is 0 Å². The van der Waals surface area contributed by atoms with Gasteiger partial charge in [0.25, 0.3) is 0 Å².